The zero-order valence-corrected chi connectivity index (χ0v) is 19.5. The van der Waals surface area contributed by atoms with Crippen molar-refractivity contribution in [1.29, 1.82) is 5.26 Å². The van der Waals surface area contributed by atoms with Gasteiger partial charge in [0.05, 0.1) is 17.3 Å². The quantitative estimate of drug-likeness (QED) is 0.286. The number of hydrogen-bond donors (Lipinski definition) is 1. The van der Waals surface area contributed by atoms with Gasteiger partial charge in [-0.1, -0.05) is 30.3 Å². The molecule has 7 heteroatoms. The summed E-state index contributed by atoms with van der Waals surface area (Å²) in [5.41, 5.74) is 4.86. The molecule has 0 bridgehead atoms. The molecule has 2 heterocycles. The van der Waals surface area contributed by atoms with Crippen LogP contribution in [-0.4, -0.2) is 15.9 Å². The third kappa shape index (κ3) is 4.13. The van der Waals surface area contributed by atoms with Crippen molar-refractivity contribution in [3.8, 4) is 6.07 Å². The maximum atomic E-state index is 12.7. The molecule has 4 aromatic carbocycles. The van der Waals surface area contributed by atoms with Gasteiger partial charge < -0.3 is 9.73 Å². The van der Waals surface area contributed by atoms with Gasteiger partial charge in [-0.3, -0.25) is 9.69 Å². The van der Waals surface area contributed by atoms with Crippen molar-refractivity contribution in [2.75, 3.05) is 10.2 Å². The zero-order chi connectivity index (χ0) is 25.2. The smallest absolute Gasteiger partial charge is 0.255 e. The molecule has 2 aromatic heterocycles. The van der Waals surface area contributed by atoms with Crippen LogP contribution in [0, 0.1) is 11.3 Å². The summed E-state index contributed by atoms with van der Waals surface area (Å²) in [4.78, 5) is 23.2. The fourth-order valence-corrected chi connectivity index (χ4v) is 4.31. The van der Waals surface area contributed by atoms with Crippen molar-refractivity contribution >= 4 is 50.7 Å². The molecule has 0 spiro atoms. The Morgan fingerprint density at radius 1 is 0.865 bits per heavy atom. The first-order valence-electron chi connectivity index (χ1n) is 11.6. The van der Waals surface area contributed by atoms with E-state index in [0.29, 0.717) is 22.6 Å². The Morgan fingerprint density at radius 2 is 1.65 bits per heavy atom. The first kappa shape index (κ1) is 22.0. The van der Waals surface area contributed by atoms with E-state index in [1.165, 1.54) is 6.33 Å². The normalized spacial score (nSPS) is 10.8. The molecular formula is C30H19N5O2. The number of nitrogens with zero attached hydrogens (tertiary/aromatic N) is 4. The van der Waals surface area contributed by atoms with E-state index in [-0.39, 0.29) is 5.91 Å². The predicted octanol–water partition coefficient (Wildman–Crippen LogP) is 6.97. The number of fused-ring (bicyclic) bond motifs is 3. The Labute approximate surface area is 212 Å². The summed E-state index contributed by atoms with van der Waals surface area (Å²) in [5.74, 6) is 0.425. The summed E-state index contributed by atoms with van der Waals surface area (Å²) >= 11 is 0. The highest BCUT2D eigenvalue weighted by Gasteiger charge is 2.20. The van der Waals surface area contributed by atoms with Crippen LogP contribution in [0.4, 0.5) is 22.9 Å². The van der Waals surface area contributed by atoms with Crippen LogP contribution < -0.4 is 10.2 Å². The second kappa shape index (κ2) is 9.29. The summed E-state index contributed by atoms with van der Waals surface area (Å²) in [6.07, 6.45) is 3.20. The van der Waals surface area contributed by atoms with Gasteiger partial charge in [-0.05, 0) is 66.7 Å². The summed E-state index contributed by atoms with van der Waals surface area (Å²) in [5, 5.41) is 13.9. The second-order valence-corrected chi connectivity index (χ2v) is 8.35. The lowest BCUT2D eigenvalue weighted by molar-refractivity contribution is 0.102. The van der Waals surface area contributed by atoms with Crippen LogP contribution in [0.25, 0.3) is 21.9 Å². The van der Waals surface area contributed by atoms with Gasteiger partial charge in [0.1, 0.15) is 17.7 Å². The molecule has 6 rings (SSSR count). The molecule has 0 saturated carbocycles. The average molecular weight is 482 g/mol. The van der Waals surface area contributed by atoms with Crippen molar-refractivity contribution in [3.63, 3.8) is 0 Å². The van der Waals surface area contributed by atoms with E-state index in [0.717, 1.165) is 33.3 Å². The molecule has 0 aliphatic rings. The Morgan fingerprint density at radius 3 is 2.41 bits per heavy atom. The molecule has 1 amide bonds. The lowest BCUT2D eigenvalue weighted by Gasteiger charge is -2.24. The van der Waals surface area contributed by atoms with Crippen molar-refractivity contribution < 1.29 is 9.21 Å². The summed E-state index contributed by atoms with van der Waals surface area (Å²) in [6.45, 7) is 0. The number of anilines is 4. The molecule has 176 valence electrons. The van der Waals surface area contributed by atoms with Gasteiger partial charge >= 0.3 is 0 Å². The number of furan rings is 1. The molecule has 0 radical (unpaired) electrons. The van der Waals surface area contributed by atoms with E-state index in [1.807, 2.05) is 77.7 Å². The van der Waals surface area contributed by atoms with Gasteiger partial charge in [0.15, 0.2) is 5.58 Å². The number of benzene rings is 4. The van der Waals surface area contributed by atoms with E-state index in [9.17, 15) is 4.79 Å². The van der Waals surface area contributed by atoms with Crippen LogP contribution >= 0.6 is 0 Å². The van der Waals surface area contributed by atoms with E-state index >= 15 is 0 Å². The van der Waals surface area contributed by atoms with E-state index in [4.69, 9.17) is 9.68 Å². The molecule has 1 N–H and O–H groups in total. The number of para-hydroxylation sites is 2. The number of aromatic nitrogens is 2. The molecule has 6 aromatic rings. The van der Waals surface area contributed by atoms with E-state index in [1.54, 1.807) is 30.5 Å². The molecule has 37 heavy (non-hydrogen) atoms. The van der Waals surface area contributed by atoms with Crippen molar-refractivity contribution in [2.24, 2.45) is 0 Å². The van der Waals surface area contributed by atoms with Gasteiger partial charge in [0.2, 0.25) is 0 Å². The molecule has 7 nitrogen and oxygen atoms in total. The van der Waals surface area contributed by atoms with Gasteiger partial charge in [-0.25, -0.2) is 9.97 Å². The minimum atomic E-state index is -0.253. The number of amides is 1. The Hall–Kier alpha value is -5.48. The largest absolute Gasteiger partial charge is 0.454 e. The Kier molecular flexibility index (Phi) is 5.52. The number of carbonyl (C=O) groups is 1. The molecule has 0 aliphatic carbocycles. The Balaban J connectivity index is 1.38. The van der Waals surface area contributed by atoms with Crippen LogP contribution in [0.3, 0.4) is 0 Å². The number of nitriles is 1. The first-order valence-corrected chi connectivity index (χ1v) is 11.6. The SMILES string of the molecule is N#Cc1ccc(C(=O)Nc2ccc(N(c3ccncn3)c3cccc4c3oc3ccccc34)cc2)cc1. The number of nitrogens with one attached hydrogen (secondary N) is 1. The number of rotatable bonds is 5. The van der Waals surface area contributed by atoms with Crippen molar-refractivity contribution in [1.82, 2.24) is 9.97 Å². The average Bonchev–Trinajstić information content (AvgIpc) is 3.34. The maximum Gasteiger partial charge on any atom is 0.255 e. The van der Waals surface area contributed by atoms with Crippen molar-refractivity contribution in [2.45, 2.75) is 0 Å². The standard InChI is InChI=1S/C30H19N5O2/c31-18-20-8-10-21(11-9-20)30(36)34-22-12-14-23(15-13-22)35(28-16-17-32-19-33-28)26-6-3-5-25-24-4-1-2-7-27(24)37-29(25)26/h1-17,19H,(H,34,36). The molecule has 0 atom stereocenters. The third-order valence-electron chi connectivity index (χ3n) is 6.08. The molecule has 0 saturated heterocycles. The second-order valence-electron chi connectivity index (χ2n) is 8.35. The topological polar surface area (TPSA) is 95.1 Å². The highest BCUT2D eigenvalue weighted by Crippen LogP contribution is 2.41. The van der Waals surface area contributed by atoms with Crippen molar-refractivity contribution in [3.05, 3.63) is 121 Å². The van der Waals surface area contributed by atoms with E-state index < -0.39 is 0 Å². The number of carbonyl (C=O) groups excluding carboxylic acids is 1. The van der Waals surface area contributed by atoms with Crippen LogP contribution in [0.15, 0.2) is 114 Å². The maximum absolute atomic E-state index is 12.7. The lowest BCUT2D eigenvalue weighted by atomic mass is 10.1. The summed E-state index contributed by atoms with van der Waals surface area (Å²) < 4.78 is 6.29. The minimum Gasteiger partial charge on any atom is -0.454 e. The van der Waals surface area contributed by atoms with Crippen LogP contribution in [-0.2, 0) is 0 Å². The summed E-state index contributed by atoms with van der Waals surface area (Å²) in [6, 6.07) is 31.9. The minimum absolute atomic E-state index is 0.253. The monoisotopic (exact) mass is 481 g/mol. The molecule has 0 unspecified atom stereocenters. The molecular weight excluding hydrogens is 462 g/mol. The highest BCUT2D eigenvalue weighted by molar-refractivity contribution is 6.10. The Bertz CT molecular complexity index is 1770. The van der Waals surface area contributed by atoms with Gasteiger partial charge in [-0.15, -0.1) is 0 Å². The molecule has 0 aliphatic heterocycles. The van der Waals surface area contributed by atoms with Crippen LogP contribution in [0.2, 0.25) is 0 Å². The predicted molar refractivity (Wildman–Crippen MR) is 143 cm³/mol. The lowest BCUT2D eigenvalue weighted by Crippen LogP contribution is -2.13. The highest BCUT2D eigenvalue weighted by atomic mass is 16.3. The molecule has 0 fully saturated rings. The summed E-state index contributed by atoms with van der Waals surface area (Å²) in [7, 11) is 0. The fourth-order valence-electron chi connectivity index (χ4n) is 4.31. The van der Waals surface area contributed by atoms with Gasteiger partial charge in [-0.2, -0.15) is 5.26 Å². The van der Waals surface area contributed by atoms with Crippen LogP contribution in [0.5, 0.6) is 0 Å². The van der Waals surface area contributed by atoms with Gasteiger partial charge in [0.25, 0.3) is 5.91 Å². The number of hydrogen-bond acceptors (Lipinski definition) is 6. The zero-order valence-electron chi connectivity index (χ0n) is 19.5. The van der Waals surface area contributed by atoms with Crippen LogP contribution in [0.1, 0.15) is 15.9 Å². The third-order valence-corrected chi connectivity index (χ3v) is 6.08. The fraction of sp³-hybridized carbons (Fsp3) is 0. The van der Waals surface area contributed by atoms with Gasteiger partial charge in [0, 0.05) is 33.9 Å². The van der Waals surface area contributed by atoms with E-state index in [2.05, 4.69) is 21.4 Å². The first-order chi connectivity index (χ1) is 18.2.